The lowest BCUT2D eigenvalue weighted by molar-refractivity contribution is -0.132. The Balaban J connectivity index is 1.81. The second kappa shape index (κ2) is 13.3. The number of nitriles is 1. The minimum absolute atomic E-state index is 0.111. The van der Waals surface area contributed by atoms with Crippen molar-refractivity contribution >= 4 is 39.3 Å². The van der Waals surface area contributed by atoms with Gasteiger partial charge in [-0.1, -0.05) is 24.6 Å². The lowest BCUT2D eigenvalue weighted by atomic mass is 9.80. The van der Waals surface area contributed by atoms with Gasteiger partial charge in [-0.05, 0) is 86.0 Å². The number of carbonyl (C=O) groups is 2. The Bertz CT molecular complexity index is 1790. The van der Waals surface area contributed by atoms with Crippen molar-refractivity contribution < 1.29 is 27.5 Å². The molecule has 0 aliphatic carbocycles. The first-order chi connectivity index (χ1) is 22.0. The van der Waals surface area contributed by atoms with Gasteiger partial charge in [0.15, 0.2) is 11.8 Å². The topological polar surface area (TPSA) is 132 Å². The number of methoxy groups -OCH3 is 1. The molecule has 242 valence electrons. The standard InChI is InChI=1S/C33H36ClN5O6S/c1-5-16-36-21-23-10-15-29(44-4)27(18-23)33(38-17-6-7-30(38)45-32(41)37(2)3)26-19-24(34)11-14-28(26)39(31(33)40)46(42,43)25-12-8-22(20-35)9-13-25/h8-15,18-19,30,36H,5-7,16-17,21H2,1-4H3/t30-,33?/m0/s1. The van der Waals surface area contributed by atoms with Crippen molar-refractivity contribution in [2.75, 3.05) is 38.6 Å². The summed E-state index contributed by atoms with van der Waals surface area (Å²) < 4.78 is 41.4. The van der Waals surface area contributed by atoms with Gasteiger partial charge in [-0.2, -0.15) is 5.26 Å². The maximum absolute atomic E-state index is 15.3. The first-order valence-electron chi connectivity index (χ1n) is 14.9. The van der Waals surface area contributed by atoms with E-state index in [4.69, 9.17) is 21.1 Å². The van der Waals surface area contributed by atoms with Crippen LogP contribution in [0.3, 0.4) is 0 Å². The molecule has 0 saturated carbocycles. The van der Waals surface area contributed by atoms with E-state index in [9.17, 15) is 18.5 Å². The van der Waals surface area contributed by atoms with E-state index in [1.54, 1.807) is 31.1 Å². The summed E-state index contributed by atoms with van der Waals surface area (Å²) in [6.07, 6.45) is 0.419. The maximum Gasteiger partial charge on any atom is 0.410 e. The molecule has 0 spiro atoms. The molecule has 11 nitrogen and oxygen atoms in total. The van der Waals surface area contributed by atoms with Crippen LogP contribution >= 0.6 is 11.6 Å². The molecule has 1 fully saturated rings. The minimum atomic E-state index is -4.51. The van der Waals surface area contributed by atoms with Crippen LogP contribution in [0.2, 0.25) is 5.02 Å². The molecular formula is C33H36ClN5O6S. The zero-order valence-electron chi connectivity index (χ0n) is 26.1. The van der Waals surface area contributed by atoms with Crippen LogP contribution in [0.25, 0.3) is 0 Å². The predicted octanol–water partition coefficient (Wildman–Crippen LogP) is 4.82. The number of halogens is 1. The molecule has 13 heteroatoms. The summed E-state index contributed by atoms with van der Waals surface area (Å²) in [6.45, 7) is 3.62. The number of sulfonamides is 1. The van der Waals surface area contributed by atoms with Crippen LogP contribution in [0.1, 0.15) is 48.4 Å². The van der Waals surface area contributed by atoms with Gasteiger partial charge in [0.1, 0.15) is 5.75 Å². The molecule has 1 N–H and O–H groups in total. The highest BCUT2D eigenvalue weighted by Crippen LogP contribution is 2.55. The number of likely N-dealkylation sites (tertiary alicyclic amines) is 1. The molecule has 0 bridgehead atoms. The molecule has 1 saturated heterocycles. The fourth-order valence-corrected chi connectivity index (χ4v) is 7.74. The van der Waals surface area contributed by atoms with Crippen LogP contribution in [0, 0.1) is 11.3 Å². The van der Waals surface area contributed by atoms with Crippen molar-refractivity contribution in [3.63, 3.8) is 0 Å². The number of amides is 2. The number of nitrogens with zero attached hydrogens (tertiary/aromatic N) is 4. The summed E-state index contributed by atoms with van der Waals surface area (Å²) in [5, 5.41) is 12.9. The van der Waals surface area contributed by atoms with Crippen LogP contribution in [0.5, 0.6) is 5.75 Å². The highest BCUT2D eigenvalue weighted by Gasteiger charge is 2.63. The van der Waals surface area contributed by atoms with E-state index >= 15 is 4.79 Å². The average Bonchev–Trinajstić information content (AvgIpc) is 3.60. The molecular weight excluding hydrogens is 630 g/mol. The maximum atomic E-state index is 15.3. The first-order valence-corrected chi connectivity index (χ1v) is 16.7. The Morgan fingerprint density at radius 1 is 1.13 bits per heavy atom. The van der Waals surface area contributed by atoms with Gasteiger partial charge < -0.3 is 19.7 Å². The second-order valence-corrected chi connectivity index (χ2v) is 13.6. The number of carbonyl (C=O) groups excluding carboxylic acids is 2. The van der Waals surface area contributed by atoms with Gasteiger partial charge in [-0.3, -0.25) is 4.79 Å². The molecule has 1 unspecified atom stereocenters. The largest absolute Gasteiger partial charge is 0.496 e. The average molecular weight is 666 g/mol. The van der Waals surface area contributed by atoms with Crippen LogP contribution in [-0.2, 0) is 31.6 Å². The summed E-state index contributed by atoms with van der Waals surface area (Å²) in [6, 6.07) is 17.5. The Kier molecular flexibility index (Phi) is 9.60. The smallest absolute Gasteiger partial charge is 0.410 e. The van der Waals surface area contributed by atoms with E-state index < -0.39 is 33.8 Å². The number of hydrogen-bond acceptors (Lipinski definition) is 9. The van der Waals surface area contributed by atoms with Crippen LogP contribution in [0.15, 0.2) is 65.6 Å². The molecule has 2 aliphatic heterocycles. The summed E-state index contributed by atoms with van der Waals surface area (Å²) in [7, 11) is 0.100. The zero-order chi connectivity index (χ0) is 33.2. The minimum Gasteiger partial charge on any atom is -0.496 e. The zero-order valence-corrected chi connectivity index (χ0v) is 27.7. The van der Waals surface area contributed by atoms with Gasteiger partial charge in [-0.15, -0.1) is 0 Å². The van der Waals surface area contributed by atoms with E-state index in [2.05, 4.69) is 12.2 Å². The molecule has 5 rings (SSSR count). The molecule has 0 radical (unpaired) electrons. The fourth-order valence-electron chi connectivity index (χ4n) is 6.11. The van der Waals surface area contributed by atoms with Crippen molar-refractivity contribution in [3.05, 3.63) is 87.9 Å². The van der Waals surface area contributed by atoms with Gasteiger partial charge in [0.25, 0.3) is 15.9 Å². The van der Waals surface area contributed by atoms with E-state index in [1.165, 1.54) is 48.4 Å². The molecule has 2 heterocycles. The van der Waals surface area contributed by atoms with Gasteiger partial charge >= 0.3 is 6.09 Å². The van der Waals surface area contributed by atoms with Gasteiger partial charge in [-0.25, -0.2) is 22.4 Å². The number of anilines is 1. The quantitative estimate of drug-likeness (QED) is 0.303. The number of fused-ring (bicyclic) bond motifs is 1. The molecule has 46 heavy (non-hydrogen) atoms. The Morgan fingerprint density at radius 3 is 2.52 bits per heavy atom. The first kappa shape index (κ1) is 33.2. The Hall–Kier alpha value is -4.15. The Morgan fingerprint density at radius 2 is 1.87 bits per heavy atom. The SMILES string of the molecule is CCCNCc1ccc(OC)c(C2(N3CCC[C@@H]3OC(=O)N(C)C)C(=O)N(S(=O)(=O)c3ccc(C#N)cc3)c3ccc(Cl)cc32)c1. The third-order valence-corrected chi connectivity index (χ3v) is 10.2. The highest BCUT2D eigenvalue weighted by molar-refractivity contribution is 7.93. The van der Waals surface area contributed by atoms with Gasteiger partial charge in [0.05, 0.1) is 29.3 Å². The summed E-state index contributed by atoms with van der Waals surface area (Å²) in [4.78, 5) is 31.1. The molecule has 3 aromatic carbocycles. The molecule has 2 atom stereocenters. The van der Waals surface area contributed by atoms with Crippen LogP contribution < -0.4 is 14.4 Å². The van der Waals surface area contributed by atoms with Crippen LogP contribution in [-0.4, -0.2) is 70.7 Å². The normalized spacial score (nSPS) is 19.5. The van der Waals surface area contributed by atoms with Crippen molar-refractivity contribution in [3.8, 4) is 11.8 Å². The number of ether oxygens (including phenoxy) is 2. The lowest BCUT2D eigenvalue weighted by Gasteiger charge is -2.41. The van der Waals surface area contributed by atoms with E-state index in [-0.39, 0.29) is 21.2 Å². The lowest BCUT2D eigenvalue weighted by Crippen LogP contribution is -2.57. The number of nitrogens with one attached hydrogen (secondary N) is 1. The Labute approximate surface area is 274 Å². The van der Waals surface area contributed by atoms with Crippen molar-refractivity contribution in [1.82, 2.24) is 15.1 Å². The van der Waals surface area contributed by atoms with E-state index in [0.29, 0.717) is 42.8 Å². The second-order valence-electron chi connectivity index (χ2n) is 11.4. The van der Waals surface area contributed by atoms with Crippen molar-refractivity contribution in [2.24, 2.45) is 0 Å². The highest BCUT2D eigenvalue weighted by atomic mass is 35.5. The molecule has 0 aromatic heterocycles. The van der Waals surface area contributed by atoms with Crippen LogP contribution in [0.4, 0.5) is 10.5 Å². The summed E-state index contributed by atoms with van der Waals surface area (Å²) >= 11 is 6.59. The third kappa shape index (κ3) is 5.69. The summed E-state index contributed by atoms with van der Waals surface area (Å²) in [5.41, 5.74) is 0.111. The number of rotatable bonds is 10. The van der Waals surface area contributed by atoms with Crippen molar-refractivity contribution in [1.29, 1.82) is 5.26 Å². The third-order valence-electron chi connectivity index (χ3n) is 8.22. The molecule has 2 aliphatic rings. The van der Waals surface area contributed by atoms with E-state index in [0.717, 1.165) is 22.8 Å². The van der Waals surface area contributed by atoms with E-state index in [1.807, 2.05) is 18.2 Å². The predicted molar refractivity (Wildman–Crippen MR) is 173 cm³/mol. The van der Waals surface area contributed by atoms with Gasteiger partial charge in [0.2, 0.25) is 0 Å². The number of hydrogen-bond donors (Lipinski definition) is 1. The van der Waals surface area contributed by atoms with Crippen molar-refractivity contribution in [2.45, 2.75) is 49.4 Å². The monoisotopic (exact) mass is 665 g/mol. The molecule has 3 aromatic rings. The summed E-state index contributed by atoms with van der Waals surface area (Å²) in [5.74, 6) is -0.445. The molecule has 2 amide bonds. The van der Waals surface area contributed by atoms with Gasteiger partial charge in [0, 0.05) is 43.3 Å². The fraction of sp³-hybridized carbons (Fsp3) is 0.364. The number of benzene rings is 3.